The number of amides is 1. The molecule has 0 saturated heterocycles. The van der Waals surface area contributed by atoms with Gasteiger partial charge in [-0.3, -0.25) is 4.79 Å². The van der Waals surface area contributed by atoms with E-state index in [4.69, 9.17) is 4.74 Å². The van der Waals surface area contributed by atoms with Crippen molar-refractivity contribution in [2.45, 2.75) is 25.0 Å². The van der Waals surface area contributed by atoms with E-state index in [0.29, 0.717) is 18.4 Å². The molecule has 2 unspecified atom stereocenters. The fraction of sp³-hybridized carbons (Fsp3) is 0.154. The molecule has 4 rings (SSSR count). The zero-order chi connectivity index (χ0) is 20.8. The molecule has 0 aliphatic heterocycles. The third-order valence-electron chi connectivity index (χ3n) is 5.14. The Labute approximate surface area is 176 Å². The fourth-order valence-corrected chi connectivity index (χ4v) is 3.56. The summed E-state index contributed by atoms with van der Waals surface area (Å²) in [5.74, 6) is -0.727. The molecule has 0 radical (unpaired) electrons. The predicted molar refractivity (Wildman–Crippen MR) is 117 cm³/mol. The lowest BCUT2D eigenvalue weighted by Crippen LogP contribution is -2.44. The van der Waals surface area contributed by atoms with Crippen molar-refractivity contribution in [2.24, 2.45) is 0 Å². The van der Waals surface area contributed by atoms with Crippen LogP contribution >= 0.6 is 0 Å². The first kappa shape index (κ1) is 19.6. The SMILES string of the molecule is O=C(NC(Cc1ccccc1)C(=O)OC1C=Cc2ccccc2C1)c1ccccc1. The maximum Gasteiger partial charge on any atom is 0.329 e. The molecule has 150 valence electrons. The minimum Gasteiger partial charge on any atom is -0.456 e. The van der Waals surface area contributed by atoms with Gasteiger partial charge in [-0.25, -0.2) is 4.79 Å². The van der Waals surface area contributed by atoms with Gasteiger partial charge in [-0.05, 0) is 34.9 Å². The van der Waals surface area contributed by atoms with Crippen molar-refractivity contribution in [1.29, 1.82) is 0 Å². The lowest BCUT2D eigenvalue weighted by Gasteiger charge is -2.23. The summed E-state index contributed by atoms with van der Waals surface area (Å²) in [4.78, 5) is 25.7. The molecule has 4 nitrogen and oxygen atoms in total. The molecule has 3 aromatic carbocycles. The molecule has 0 aromatic heterocycles. The van der Waals surface area contributed by atoms with Gasteiger partial charge < -0.3 is 10.1 Å². The first-order valence-corrected chi connectivity index (χ1v) is 10.1. The van der Waals surface area contributed by atoms with Crippen molar-refractivity contribution < 1.29 is 14.3 Å². The van der Waals surface area contributed by atoms with Gasteiger partial charge in [-0.2, -0.15) is 0 Å². The van der Waals surface area contributed by atoms with Crippen LogP contribution in [0.1, 0.15) is 27.0 Å². The van der Waals surface area contributed by atoms with E-state index in [-0.39, 0.29) is 12.0 Å². The quantitative estimate of drug-likeness (QED) is 0.634. The molecule has 30 heavy (non-hydrogen) atoms. The van der Waals surface area contributed by atoms with Crippen LogP contribution in [0, 0.1) is 0 Å². The van der Waals surface area contributed by atoms with Crippen molar-refractivity contribution in [2.75, 3.05) is 0 Å². The average molecular weight is 397 g/mol. The normalized spacial score (nSPS) is 15.7. The highest BCUT2D eigenvalue weighted by Crippen LogP contribution is 2.21. The number of hydrogen-bond acceptors (Lipinski definition) is 3. The van der Waals surface area contributed by atoms with Crippen LogP contribution in [0.5, 0.6) is 0 Å². The van der Waals surface area contributed by atoms with Crippen LogP contribution in [0.15, 0.2) is 91.0 Å². The van der Waals surface area contributed by atoms with Gasteiger partial charge in [0.2, 0.25) is 0 Å². The van der Waals surface area contributed by atoms with Crippen molar-refractivity contribution in [1.82, 2.24) is 5.32 Å². The van der Waals surface area contributed by atoms with E-state index in [2.05, 4.69) is 5.32 Å². The Balaban J connectivity index is 1.48. The summed E-state index contributed by atoms with van der Waals surface area (Å²) in [7, 11) is 0. The van der Waals surface area contributed by atoms with Crippen LogP contribution in [0.4, 0.5) is 0 Å². The summed E-state index contributed by atoms with van der Waals surface area (Å²) in [6, 6.07) is 25.8. The highest BCUT2D eigenvalue weighted by atomic mass is 16.5. The number of ether oxygens (including phenoxy) is 1. The highest BCUT2D eigenvalue weighted by molar-refractivity contribution is 5.96. The number of fused-ring (bicyclic) bond motifs is 1. The standard InChI is InChI=1S/C26H23NO3/c28-25(21-12-5-2-6-13-21)27-24(17-19-9-3-1-4-10-19)26(29)30-23-16-15-20-11-7-8-14-22(20)18-23/h1-16,23-24H,17-18H2,(H,27,28). The predicted octanol–water partition coefficient (Wildman–Crippen LogP) is 4.21. The molecule has 1 aliphatic carbocycles. The molecule has 0 fully saturated rings. The lowest BCUT2D eigenvalue weighted by molar-refractivity contribution is -0.149. The maximum atomic E-state index is 13.0. The number of nitrogens with one attached hydrogen (secondary N) is 1. The molecule has 1 N–H and O–H groups in total. The second-order valence-corrected chi connectivity index (χ2v) is 7.32. The fourth-order valence-electron chi connectivity index (χ4n) is 3.56. The number of carbonyl (C=O) groups is 2. The van der Waals surface area contributed by atoms with Crippen LogP contribution in [0.25, 0.3) is 6.08 Å². The molecule has 0 spiro atoms. The van der Waals surface area contributed by atoms with Gasteiger partial charge in [-0.1, -0.05) is 78.9 Å². The van der Waals surface area contributed by atoms with E-state index in [0.717, 1.165) is 16.7 Å². The summed E-state index contributed by atoms with van der Waals surface area (Å²) in [5.41, 5.74) is 3.75. The molecule has 0 heterocycles. The molecular weight excluding hydrogens is 374 g/mol. The second-order valence-electron chi connectivity index (χ2n) is 7.32. The first-order chi connectivity index (χ1) is 14.7. The van der Waals surface area contributed by atoms with Gasteiger partial charge in [0.25, 0.3) is 5.91 Å². The zero-order valence-corrected chi connectivity index (χ0v) is 16.5. The number of esters is 1. The number of carbonyl (C=O) groups excluding carboxylic acids is 2. The van der Waals surface area contributed by atoms with Crippen molar-refractivity contribution in [3.05, 3.63) is 113 Å². The van der Waals surface area contributed by atoms with E-state index < -0.39 is 12.0 Å². The Morgan fingerprint density at radius 3 is 2.33 bits per heavy atom. The van der Waals surface area contributed by atoms with Gasteiger partial charge in [0.05, 0.1) is 0 Å². The topological polar surface area (TPSA) is 55.4 Å². The van der Waals surface area contributed by atoms with Crippen LogP contribution in [-0.4, -0.2) is 24.0 Å². The average Bonchev–Trinajstić information content (AvgIpc) is 2.80. The van der Waals surface area contributed by atoms with E-state index in [9.17, 15) is 9.59 Å². The van der Waals surface area contributed by atoms with E-state index >= 15 is 0 Å². The Morgan fingerprint density at radius 2 is 1.57 bits per heavy atom. The Hall–Kier alpha value is -3.66. The monoisotopic (exact) mass is 397 g/mol. The number of rotatable bonds is 6. The van der Waals surface area contributed by atoms with Crippen molar-refractivity contribution in [3.8, 4) is 0 Å². The maximum absolute atomic E-state index is 13.0. The molecule has 1 amide bonds. The second kappa shape index (κ2) is 9.23. The van der Waals surface area contributed by atoms with Gasteiger partial charge in [-0.15, -0.1) is 0 Å². The van der Waals surface area contributed by atoms with Gasteiger partial charge in [0.15, 0.2) is 0 Å². The largest absolute Gasteiger partial charge is 0.456 e. The Bertz CT molecular complexity index is 1040. The van der Waals surface area contributed by atoms with E-state index in [1.54, 1.807) is 24.3 Å². The van der Waals surface area contributed by atoms with Crippen LogP contribution in [0.3, 0.4) is 0 Å². The van der Waals surface area contributed by atoms with E-state index in [1.807, 2.05) is 72.8 Å². The molecule has 4 heteroatoms. The third kappa shape index (κ3) is 4.84. The molecule has 3 aromatic rings. The van der Waals surface area contributed by atoms with Gasteiger partial charge in [0.1, 0.15) is 12.1 Å². The molecule has 0 bridgehead atoms. The van der Waals surface area contributed by atoms with Gasteiger partial charge >= 0.3 is 5.97 Å². The molecule has 0 saturated carbocycles. The summed E-state index contributed by atoms with van der Waals surface area (Å²) in [5, 5.41) is 2.85. The van der Waals surface area contributed by atoms with Crippen LogP contribution < -0.4 is 5.32 Å². The number of hydrogen-bond donors (Lipinski definition) is 1. The number of benzene rings is 3. The van der Waals surface area contributed by atoms with Crippen molar-refractivity contribution >= 4 is 18.0 Å². The first-order valence-electron chi connectivity index (χ1n) is 10.1. The molecule has 2 atom stereocenters. The van der Waals surface area contributed by atoms with E-state index in [1.165, 1.54) is 0 Å². The zero-order valence-electron chi connectivity index (χ0n) is 16.5. The third-order valence-corrected chi connectivity index (χ3v) is 5.14. The van der Waals surface area contributed by atoms with Crippen molar-refractivity contribution in [3.63, 3.8) is 0 Å². The summed E-state index contributed by atoms with van der Waals surface area (Å²) in [6.45, 7) is 0. The smallest absolute Gasteiger partial charge is 0.329 e. The lowest BCUT2D eigenvalue weighted by atomic mass is 9.96. The summed E-state index contributed by atoms with van der Waals surface area (Å²) in [6.07, 6.45) is 4.53. The molecular formula is C26H23NO3. The molecule has 1 aliphatic rings. The highest BCUT2D eigenvalue weighted by Gasteiger charge is 2.26. The Kier molecular flexibility index (Phi) is 6.04. The van der Waals surface area contributed by atoms with Crippen LogP contribution in [-0.2, 0) is 22.4 Å². The minimum absolute atomic E-state index is 0.294. The minimum atomic E-state index is -0.773. The Morgan fingerprint density at radius 1 is 0.900 bits per heavy atom. The summed E-state index contributed by atoms with van der Waals surface area (Å²) < 4.78 is 5.78. The summed E-state index contributed by atoms with van der Waals surface area (Å²) >= 11 is 0. The van der Waals surface area contributed by atoms with Crippen LogP contribution in [0.2, 0.25) is 0 Å². The van der Waals surface area contributed by atoms with Gasteiger partial charge in [0, 0.05) is 18.4 Å².